The van der Waals surface area contributed by atoms with Crippen LogP contribution in [0.5, 0.6) is 0 Å². The Morgan fingerprint density at radius 2 is 2.16 bits per heavy atom. The maximum absolute atomic E-state index is 12.1. The van der Waals surface area contributed by atoms with Crippen molar-refractivity contribution in [1.29, 1.82) is 0 Å². The normalized spacial score (nSPS) is 10.8. The molecule has 2 rings (SSSR count). The number of aliphatic imine (C=N–C) groups is 1. The number of hydrogen-bond donors (Lipinski definition) is 0. The molecule has 9 heteroatoms. The van der Waals surface area contributed by atoms with Crippen LogP contribution in [0.15, 0.2) is 44.4 Å². The summed E-state index contributed by atoms with van der Waals surface area (Å²) in [7, 11) is 3.65. The standard InChI is InChI=1S/C16H17N3O4S2/c1-4-23-16(20)11-9-14(25-15(11)17-10-18(2)3)24-13-8-6-5-7-12(13)19(21)22/h5-10H,4H2,1-3H3/b17-10+. The molecule has 0 amide bonds. The third-order valence-corrected chi connectivity index (χ3v) is 5.09. The summed E-state index contributed by atoms with van der Waals surface area (Å²) in [6, 6.07) is 8.14. The lowest BCUT2D eigenvalue weighted by Crippen LogP contribution is -2.07. The molecule has 0 radical (unpaired) electrons. The Morgan fingerprint density at radius 1 is 1.44 bits per heavy atom. The van der Waals surface area contributed by atoms with E-state index in [9.17, 15) is 14.9 Å². The highest BCUT2D eigenvalue weighted by molar-refractivity contribution is 8.01. The van der Waals surface area contributed by atoms with Crippen LogP contribution in [0.1, 0.15) is 17.3 Å². The molecular formula is C16H17N3O4S2. The van der Waals surface area contributed by atoms with Gasteiger partial charge in [-0.05, 0) is 19.1 Å². The van der Waals surface area contributed by atoms with E-state index in [1.807, 2.05) is 14.1 Å². The Bertz CT molecular complexity index is 802. The SMILES string of the molecule is CCOC(=O)c1cc(Sc2ccccc2[N+](=O)[O-])sc1/N=C/N(C)C. The third kappa shape index (κ3) is 5.04. The second kappa shape index (κ2) is 8.63. The number of thiophene rings is 1. The number of para-hydroxylation sites is 1. The quantitative estimate of drug-likeness (QED) is 0.236. The molecule has 0 aliphatic heterocycles. The van der Waals surface area contributed by atoms with Crippen molar-refractivity contribution in [1.82, 2.24) is 4.90 Å². The van der Waals surface area contributed by atoms with Crippen molar-refractivity contribution in [2.24, 2.45) is 4.99 Å². The molecule has 1 heterocycles. The van der Waals surface area contributed by atoms with Gasteiger partial charge in [0.05, 0.1) is 32.5 Å². The van der Waals surface area contributed by atoms with Crippen molar-refractivity contribution in [3.8, 4) is 0 Å². The number of ether oxygens (including phenoxy) is 1. The molecule has 0 saturated heterocycles. The van der Waals surface area contributed by atoms with Gasteiger partial charge >= 0.3 is 5.97 Å². The lowest BCUT2D eigenvalue weighted by atomic mass is 10.3. The van der Waals surface area contributed by atoms with E-state index in [2.05, 4.69) is 4.99 Å². The van der Waals surface area contributed by atoms with E-state index in [0.29, 0.717) is 15.5 Å². The van der Waals surface area contributed by atoms with Crippen LogP contribution >= 0.6 is 23.1 Å². The fourth-order valence-corrected chi connectivity index (χ4v) is 4.01. The summed E-state index contributed by atoms with van der Waals surface area (Å²) in [5.41, 5.74) is 0.378. The van der Waals surface area contributed by atoms with Crippen LogP contribution < -0.4 is 0 Å². The van der Waals surface area contributed by atoms with Crippen LogP contribution in [0, 0.1) is 10.1 Å². The number of nitro benzene ring substituents is 1. The van der Waals surface area contributed by atoms with Crippen LogP contribution in [-0.2, 0) is 4.74 Å². The molecule has 0 saturated carbocycles. The fraction of sp³-hybridized carbons (Fsp3) is 0.250. The van der Waals surface area contributed by atoms with Crippen LogP contribution in [-0.4, -0.2) is 42.8 Å². The van der Waals surface area contributed by atoms with Crippen molar-refractivity contribution in [3.05, 3.63) is 46.0 Å². The van der Waals surface area contributed by atoms with Gasteiger partial charge in [-0.2, -0.15) is 0 Å². The van der Waals surface area contributed by atoms with E-state index in [1.54, 1.807) is 42.4 Å². The zero-order valence-electron chi connectivity index (χ0n) is 14.0. The fourth-order valence-electron chi connectivity index (χ4n) is 1.83. The second-order valence-electron chi connectivity index (χ2n) is 5.04. The second-order valence-corrected chi connectivity index (χ2v) is 7.41. The summed E-state index contributed by atoms with van der Waals surface area (Å²) in [4.78, 5) is 29.4. The van der Waals surface area contributed by atoms with Crippen molar-refractivity contribution in [2.45, 2.75) is 16.0 Å². The summed E-state index contributed by atoms with van der Waals surface area (Å²) in [6.45, 7) is 1.99. The van der Waals surface area contributed by atoms with Gasteiger partial charge in [0.15, 0.2) is 0 Å². The molecule has 2 aromatic rings. The first-order valence-corrected chi connectivity index (χ1v) is 8.98. The van der Waals surface area contributed by atoms with E-state index in [0.717, 1.165) is 4.21 Å². The minimum Gasteiger partial charge on any atom is -0.462 e. The topological polar surface area (TPSA) is 85.0 Å². The third-order valence-electron chi connectivity index (χ3n) is 2.86. The van der Waals surface area contributed by atoms with Gasteiger partial charge in [-0.25, -0.2) is 9.79 Å². The van der Waals surface area contributed by atoms with Gasteiger partial charge in [-0.15, -0.1) is 11.3 Å². The molecule has 0 aliphatic rings. The first kappa shape index (κ1) is 18.9. The number of esters is 1. The predicted molar refractivity (Wildman–Crippen MR) is 99.3 cm³/mol. The van der Waals surface area contributed by atoms with Gasteiger partial charge in [0.25, 0.3) is 5.69 Å². The Labute approximate surface area is 153 Å². The van der Waals surface area contributed by atoms with Gasteiger partial charge in [0.1, 0.15) is 5.00 Å². The van der Waals surface area contributed by atoms with Gasteiger partial charge in [0.2, 0.25) is 0 Å². The summed E-state index contributed by atoms with van der Waals surface area (Å²) in [5.74, 6) is -0.459. The molecule has 0 atom stereocenters. The van der Waals surface area contributed by atoms with Crippen molar-refractivity contribution < 1.29 is 14.5 Å². The maximum Gasteiger partial charge on any atom is 0.341 e. The molecule has 7 nitrogen and oxygen atoms in total. The van der Waals surface area contributed by atoms with Gasteiger partial charge in [0, 0.05) is 20.2 Å². The highest BCUT2D eigenvalue weighted by atomic mass is 32.2. The van der Waals surface area contributed by atoms with Crippen LogP contribution in [0.2, 0.25) is 0 Å². The van der Waals surface area contributed by atoms with Crippen molar-refractivity contribution in [3.63, 3.8) is 0 Å². The molecule has 0 N–H and O–H groups in total. The molecule has 0 aliphatic carbocycles. The summed E-state index contributed by atoms with van der Waals surface area (Å²) < 4.78 is 5.79. The van der Waals surface area contributed by atoms with Gasteiger partial charge < -0.3 is 9.64 Å². The molecule has 0 fully saturated rings. The Kier molecular flexibility index (Phi) is 6.54. The molecule has 25 heavy (non-hydrogen) atoms. The number of hydrogen-bond acceptors (Lipinski definition) is 7. The molecule has 132 valence electrons. The van der Waals surface area contributed by atoms with E-state index < -0.39 is 10.9 Å². The first-order chi connectivity index (χ1) is 11.9. The molecule has 0 spiro atoms. The zero-order chi connectivity index (χ0) is 18.4. The number of carbonyl (C=O) groups excluding carboxylic acids is 1. The van der Waals surface area contributed by atoms with E-state index >= 15 is 0 Å². The van der Waals surface area contributed by atoms with Crippen molar-refractivity contribution >= 4 is 46.1 Å². The van der Waals surface area contributed by atoms with Gasteiger partial charge in [-0.1, -0.05) is 23.9 Å². The lowest BCUT2D eigenvalue weighted by molar-refractivity contribution is -0.387. The minimum absolute atomic E-state index is 0.0249. The van der Waals surface area contributed by atoms with E-state index in [-0.39, 0.29) is 12.3 Å². The zero-order valence-corrected chi connectivity index (χ0v) is 15.6. The largest absolute Gasteiger partial charge is 0.462 e. The van der Waals surface area contributed by atoms with Crippen LogP contribution in [0.25, 0.3) is 0 Å². The molecule has 0 bridgehead atoms. The summed E-state index contributed by atoms with van der Waals surface area (Å²) in [5, 5.41) is 11.7. The molecular weight excluding hydrogens is 362 g/mol. The number of benzene rings is 1. The Morgan fingerprint density at radius 3 is 2.80 bits per heavy atom. The first-order valence-electron chi connectivity index (χ1n) is 7.35. The molecule has 1 aromatic heterocycles. The molecule has 0 unspecified atom stereocenters. The van der Waals surface area contributed by atoms with E-state index in [4.69, 9.17) is 4.74 Å². The number of nitro groups is 1. The number of rotatable bonds is 7. The summed E-state index contributed by atoms with van der Waals surface area (Å²) >= 11 is 2.51. The van der Waals surface area contributed by atoms with E-state index in [1.165, 1.54) is 29.2 Å². The highest BCUT2D eigenvalue weighted by Crippen LogP contribution is 2.42. The van der Waals surface area contributed by atoms with Crippen molar-refractivity contribution in [2.75, 3.05) is 20.7 Å². The number of nitrogens with zero attached hydrogens (tertiary/aromatic N) is 3. The predicted octanol–water partition coefficient (Wildman–Crippen LogP) is 4.21. The Hall–Kier alpha value is -2.39. The summed E-state index contributed by atoms with van der Waals surface area (Å²) in [6.07, 6.45) is 1.59. The van der Waals surface area contributed by atoms with Crippen LogP contribution in [0.4, 0.5) is 10.7 Å². The number of carbonyl (C=O) groups is 1. The van der Waals surface area contributed by atoms with Crippen LogP contribution in [0.3, 0.4) is 0 Å². The minimum atomic E-state index is -0.459. The Balaban J connectivity index is 2.37. The lowest BCUT2D eigenvalue weighted by Gasteiger charge is -2.02. The highest BCUT2D eigenvalue weighted by Gasteiger charge is 2.20. The maximum atomic E-state index is 12.1. The van der Waals surface area contributed by atoms with Gasteiger partial charge in [-0.3, -0.25) is 10.1 Å². The average Bonchev–Trinajstić information content (AvgIpc) is 2.96. The molecule has 1 aromatic carbocycles. The smallest absolute Gasteiger partial charge is 0.341 e. The monoisotopic (exact) mass is 379 g/mol. The average molecular weight is 379 g/mol.